The zero-order valence-corrected chi connectivity index (χ0v) is 10.6. The summed E-state index contributed by atoms with van der Waals surface area (Å²) in [6.07, 6.45) is 5.02. The van der Waals surface area contributed by atoms with E-state index in [0.29, 0.717) is 11.7 Å². The molecule has 1 aliphatic rings. The molecule has 1 aliphatic carbocycles. The van der Waals surface area contributed by atoms with Crippen molar-refractivity contribution >= 4 is 5.97 Å². The molecule has 0 spiro atoms. The van der Waals surface area contributed by atoms with Crippen molar-refractivity contribution < 1.29 is 9.90 Å². The van der Waals surface area contributed by atoms with Crippen LogP contribution in [0.5, 0.6) is 0 Å². The third kappa shape index (κ3) is 3.04. The Balaban J connectivity index is 2.18. The molecule has 5 nitrogen and oxygen atoms in total. The van der Waals surface area contributed by atoms with E-state index in [0.717, 1.165) is 11.4 Å². The van der Waals surface area contributed by atoms with Crippen LogP contribution in [0.3, 0.4) is 0 Å². The Morgan fingerprint density at radius 3 is 2.78 bits per heavy atom. The topological polar surface area (TPSA) is 89.1 Å². The van der Waals surface area contributed by atoms with Crippen molar-refractivity contribution in [1.29, 1.82) is 0 Å². The van der Waals surface area contributed by atoms with E-state index in [1.807, 2.05) is 13.0 Å². The maximum Gasteiger partial charge on any atom is 0.320 e. The predicted octanol–water partition coefficient (Wildman–Crippen LogP) is 1.40. The molecule has 1 atom stereocenters. The summed E-state index contributed by atoms with van der Waals surface area (Å²) in [7, 11) is 0. The molecule has 5 heteroatoms. The van der Waals surface area contributed by atoms with E-state index in [-0.39, 0.29) is 6.42 Å². The van der Waals surface area contributed by atoms with E-state index in [2.05, 4.69) is 9.97 Å². The summed E-state index contributed by atoms with van der Waals surface area (Å²) in [5, 5.41) is 8.81. The Kier molecular flexibility index (Phi) is 3.91. The van der Waals surface area contributed by atoms with Gasteiger partial charge in [-0.15, -0.1) is 0 Å². The van der Waals surface area contributed by atoms with Gasteiger partial charge >= 0.3 is 5.97 Å². The fraction of sp³-hybridized carbons (Fsp3) is 0.615. The van der Waals surface area contributed by atoms with Gasteiger partial charge in [-0.2, -0.15) is 0 Å². The van der Waals surface area contributed by atoms with Gasteiger partial charge in [-0.3, -0.25) is 4.79 Å². The van der Waals surface area contributed by atoms with Crippen LogP contribution in [0.2, 0.25) is 0 Å². The average molecular weight is 249 g/mol. The lowest BCUT2D eigenvalue weighted by Crippen LogP contribution is -2.33. The third-order valence-electron chi connectivity index (χ3n) is 3.41. The molecule has 1 heterocycles. The fourth-order valence-corrected chi connectivity index (χ4v) is 2.46. The number of hydrogen-bond donors (Lipinski definition) is 2. The van der Waals surface area contributed by atoms with Gasteiger partial charge < -0.3 is 10.8 Å². The average Bonchev–Trinajstić information content (AvgIpc) is 2.81. The Labute approximate surface area is 106 Å². The highest BCUT2D eigenvalue weighted by Gasteiger charge is 2.20. The van der Waals surface area contributed by atoms with E-state index in [9.17, 15) is 4.79 Å². The Morgan fingerprint density at radius 2 is 2.17 bits per heavy atom. The van der Waals surface area contributed by atoms with Crippen molar-refractivity contribution in [3.8, 4) is 0 Å². The van der Waals surface area contributed by atoms with Crippen molar-refractivity contribution in [2.24, 2.45) is 5.73 Å². The monoisotopic (exact) mass is 249 g/mol. The number of nitrogens with zero attached hydrogens (tertiary/aromatic N) is 2. The van der Waals surface area contributed by atoms with Gasteiger partial charge in [0.1, 0.15) is 11.9 Å². The lowest BCUT2D eigenvalue weighted by atomic mass is 10.0. The summed E-state index contributed by atoms with van der Waals surface area (Å²) in [6, 6.07) is 1.08. The standard InChI is InChI=1S/C13H19N3O2/c1-8-6-11(9-4-2-3-5-9)16-12(15-8)7-10(14)13(17)18/h6,9-10H,2-5,7,14H2,1H3,(H,17,18). The predicted molar refractivity (Wildman–Crippen MR) is 67.3 cm³/mol. The second-order valence-electron chi connectivity index (χ2n) is 4.98. The second-order valence-corrected chi connectivity index (χ2v) is 4.98. The maximum absolute atomic E-state index is 10.7. The van der Waals surface area contributed by atoms with Gasteiger partial charge in [-0.25, -0.2) is 9.97 Å². The summed E-state index contributed by atoms with van der Waals surface area (Å²) in [6.45, 7) is 1.91. The molecule has 1 unspecified atom stereocenters. The summed E-state index contributed by atoms with van der Waals surface area (Å²) in [5.74, 6) is 0.0424. The van der Waals surface area contributed by atoms with Crippen LogP contribution >= 0.6 is 0 Å². The molecule has 2 rings (SSSR count). The summed E-state index contributed by atoms with van der Waals surface area (Å²) in [4.78, 5) is 19.5. The molecule has 1 saturated carbocycles. The van der Waals surface area contributed by atoms with Crippen LogP contribution in [-0.4, -0.2) is 27.1 Å². The molecule has 1 aromatic heterocycles. The molecule has 3 N–H and O–H groups in total. The normalized spacial score (nSPS) is 17.9. The highest BCUT2D eigenvalue weighted by atomic mass is 16.4. The van der Waals surface area contributed by atoms with E-state index < -0.39 is 12.0 Å². The van der Waals surface area contributed by atoms with Crippen molar-refractivity contribution in [3.63, 3.8) is 0 Å². The van der Waals surface area contributed by atoms with E-state index in [1.165, 1.54) is 25.7 Å². The maximum atomic E-state index is 10.7. The van der Waals surface area contributed by atoms with Crippen molar-refractivity contribution in [1.82, 2.24) is 9.97 Å². The van der Waals surface area contributed by atoms with Gasteiger partial charge in [0.2, 0.25) is 0 Å². The van der Waals surface area contributed by atoms with Crippen LogP contribution in [0.15, 0.2) is 6.07 Å². The van der Waals surface area contributed by atoms with Gasteiger partial charge in [0.25, 0.3) is 0 Å². The molecule has 0 bridgehead atoms. The minimum absolute atomic E-state index is 0.191. The van der Waals surface area contributed by atoms with Crippen molar-refractivity contribution in [3.05, 3.63) is 23.3 Å². The molecule has 0 aliphatic heterocycles. The zero-order chi connectivity index (χ0) is 13.1. The lowest BCUT2D eigenvalue weighted by Gasteiger charge is -2.12. The van der Waals surface area contributed by atoms with Crippen LogP contribution in [0.4, 0.5) is 0 Å². The number of aliphatic carboxylic acids is 1. The smallest absolute Gasteiger partial charge is 0.320 e. The lowest BCUT2D eigenvalue weighted by molar-refractivity contribution is -0.138. The number of carboxylic acid groups (broad SMARTS) is 1. The number of hydrogen-bond acceptors (Lipinski definition) is 4. The minimum Gasteiger partial charge on any atom is -0.480 e. The molecule has 1 aromatic rings. The third-order valence-corrected chi connectivity index (χ3v) is 3.41. The molecule has 0 aromatic carbocycles. The Hall–Kier alpha value is -1.49. The summed E-state index contributed by atoms with van der Waals surface area (Å²) < 4.78 is 0. The van der Waals surface area contributed by atoms with E-state index in [4.69, 9.17) is 10.8 Å². The minimum atomic E-state index is -1.01. The summed E-state index contributed by atoms with van der Waals surface area (Å²) in [5.41, 5.74) is 7.46. The SMILES string of the molecule is Cc1cc(C2CCCC2)nc(CC(N)C(=O)O)n1. The van der Waals surface area contributed by atoms with Crippen LogP contribution in [0.25, 0.3) is 0 Å². The highest BCUT2D eigenvalue weighted by molar-refractivity contribution is 5.73. The number of rotatable bonds is 4. The molecule has 0 saturated heterocycles. The Morgan fingerprint density at radius 1 is 1.50 bits per heavy atom. The second kappa shape index (κ2) is 5.44. The Bertz CT molecular complexity index is 442. The molecule has 18 heavy (non-hydrogen) atoms. The quantitative estimate of drug-likeness (QED) is 0.841. The number of nitrogens with two attached hydrogens (primary N) is 1. The van der Waals surface area contributed by atoms with Gasteiger partial charge in [0.15, 0.2) is 0 Å². The molecular weight excluding hydrogens is 230 g/mol. The van der Waals surface area contributed by atoms with E-state index in [1.54, 1.807) is 0 Å². The van der Waals surface area contributed by atoms with E-state index >= 15 is 0 Å². The largest absolute Gasteiger partial charge is 0.480 e. The van der Waals surface area contributed by atoms with Crippen LogP contribution in [0, 0.1) is 6.92 Å². The first-order valence-electron chi connectivity index (χ1n) is 6.39. The van der Waals surface area contributed by atoms with Gasteiger partial charge in [-0.1, -0.05) is 12.8 Å². The van der Waals surface area contributed by atoms with Gasteiger partial charge in [-0.05, 0) is 25.8 Å². The van der Waals surface area contributed by atoms with Crippen molar-refractivity contribution in [2.75, 3.05) is 0 Å². The summed E-state index contributed by atoms with van der Waals surface area (Å²) >= 11 is 0. The number of aromatic nitrogens is 2. The molecule has 98 valence electrons. The molecule has 0 amide bonds. The first-order valence-corrected chi connectivity index (χ1v) is 6.39. The number of aryl methyl sites for hydroxylation is 1. The first-order chi connectivity index (χ1) is 8.56. The molecule has 0 radical (unpaired) electrons. The first kappa shape index (κ1) is 13.0. The van der Waals surface area contributed by atoms with Crippen LogP contribution in [0.1, 0.15) is 48.8 Å². The number of carbonyl (C=O) groups is 1. The van der Waals surface area contributed by atoms with Crippen LogP contribution < -0.4 is 5.73 Å². The zero-order valence-electron chi connectivity index (χ0n) is 10.6. The fourth-order valence-electron chi connectivity index (χ4n) is 2.46. The number of carboxylic acids is 1. The highest BCUT2D eigenvalue weighted by Crippen LogP contribution is 2.33. The van der Waals surface area contributed by atoms with Crippen molar-refractivity contribution in [2.45, 2.75) is 51.0 Å². The van der Waals surface area contributed by atoms with Crippen LogP contribution in [-0.2, 0) is 11.2 Å². The van der Waals surface area contributed by atoms with Gasteiger partial charge in [0.05, 0.1) is 0 Å². The van der Waals surface area contributed by atoms with Gasteiger partial charge in [0, 0.05) is 23.7 Å². The molecular formula is C13H19N3O2. The molecule has 1 fully saturated rings.